The average Bonchev–Trinajstić information content (AvgIpc) is 2.85. The molecule has 0 aliphatic heterocycles. The van der Waals surface area contributed by atoms with Crippen LogP contribution in [-0.2, 0) is 7.05 Å². The number of hydrogen-bond acceptors (Lipinski definition) is 0. The van der Waals surface area contributed by atoms with Crippen LogP contribution in [0.3, 0.4) is 0 Å². The minimum atomic E-state index is -2.10. The molecule has 0 aromatic carbocycles. The first-order valence-corrected chi connectivity index (χ1v) is 15.8. The Bertz CT molecular complexity index is 321. The molecule has 110 valence electrons. The summed E-state index contributed by atoms with van der Waals surface area (Å²) in [5.74, 6) is 0. The SMILES string of the molecule is CCC[CH2][Sn]([CH2]CCC)([CH2]CCC)[c]1ccn(C)c1. The Hall–Kier alpha value is 0.0787. The van der Waals surface area contributed by atoms with Crippen molar-refractivity contribution in [1.82, 2.24) is 4.57 Å². The summed E-state index contributed by atoms with van der Waals surface area (Å²) in [6.07, 6.45) is 13.2. The summed E-state index contributed by atoms with van der Waals surface area (Å²) in [7, 11) is 2.18. The molecule has 19 heavy (non-hydrogen) atoms. The van der Waals surface area contributed by atoms with Gasteiger partial charge in [-0.2, -0.15) is 0 Å². The first-order valence-electron chi connectivity index (χ1n) is 8.31. The van der Waals surface area contributed by atoms with Gasteiger partial charge in [-0.3, -0.25) is 0 Å². The van der Waals surface area contributed by atoms with E-state index >= 15 is 0 Å². The van der Waals surface area contributed by atoms with E-state index in [-0.39, 0.29) is 0 Å². The molecule has 0 aliphatic carbocycles. The molecule has 1 aromatic heterocycles. The normalized spacial score (nSPS) is 12.0. The van der Waals surface area contributed by atoms with Crippen molar-refractivity contribution in [1.29, 1.82) is 0 Å². The predicted octanol–water partition coefficient (Wildman–Crippen LogP) is 5.08. The van der Waals surface area contributed by atoms with E-state index in [1.807, 2.05) is 0 Å². The van der Waals surface area contributed by atoms with Crippen LogP contribution in [0.25, 0.3) is 0 Å². The van der Waals surface area contributed by atoms with Crippen LogP contribution in [-0.4, -0.2) is 22.9 Å². The van der Waals surface area contributed by atoms with Gasteiger partial charge in [0.25, 0.3) is 0 Å². The molecule has 1 nitrogen and oxygen atoms in total. The average molecular weight is 370 g/mol. The van der Waals surface area contributed by atoms with Crippen LogP contribution in [0.1, 0.15) is 59.3 Å². The standard InChI is InChI=1S/C5H6N.3C4H9.Sn/c1-6-4-2-3-5-6;3*1-3-4-2;/h2,4-5H,1H3;3*1,3-4H2,2H3;. The molecular formula is C17H33NSn. The summed E-state index contributed by atoms with van der Waals surface area (Å²) in [5, 5.41) is 0. The Kier molecular flexibility index (Phi) is 8.20. The minimum absolute atomic E-state index is 1.36. The monoisotopic (exact) mass is 371 g/mol. The van der Waals surface area contributed by atoms with Crippen molar-refractivity contribution in [2.45, 2.75) is 72.6 Å². The van der Waals surface area contributed by atoms with Crippen molar-refractivity contribution in [3.05, 3.63) is 18.5 Å². The van der Waals surface area contributed by atoms with Crippen molar-refractivity contribution >= 4 is 22.0 Å². The van der Waals surface area contributed by atoms with Crippen LogP contribution in [0.5, 0.6) is 0 Å². The molecule has 1 rings (SSSR count). The molecule has 0 fully saturated rings. The van der Waals surface area contributed by atoms with Gasteiger partial charge in [-0.1, -0.05) is 0 Å². The second kappa shape index (κ2) is 9.10. The Morgan fingerprint density at radius 1 is 0.895 bits per heavy atom. The van der Waals surface area contributed by atoms with Gasteiger partial charge in [-0.25, -0.2) is 0 Å². The molecule has 2 heteroatoms. The number of aromatic nitrogens is 1. The van der Waals surface area contributed by atoms with E-state index in [2.05, 4.69) is 50.8 Å². The second-order valence-electron chi connectivity index (χ2n) is 6.16. The van der Waals surface area contributed by atoms with Crippen molar-refractivity contribution in [2.24, 2.45) is 7.05 Å². The fourth-order valence-corrected chi connectivity index (χ4v) is 19.2. The van der Waals surface area contributed by atoms with Crippen molar-refractivity contribution < 1.29 is 0 Å². The van der Waals surface area contributed by atoms with Crippen molar-refractivity contribution in [3.8, 4) is 0 Å². The van der Waals surface area contributed by atoms with Crippen LogP contribution in [0, 0.1) is 0 Å². The van der Waals surface area contributed by atoms with Crippen molar-refractivity contribution in [2.75, 3.05) is 0 Å². The summed E-state index contributed by atoms with van der Waals surface area (Å²) in [6.45, 7) is 7.05. The van der Waals surface area contributed by atoms with E-state index in [1.54, 1.807) is 16.9 Å². The van der Waals surface area contributed by atoms with Crippen LogP contribution in [0.15, 0.2) is 18.5 Å². The van der Waals surface area contributed by atoms with Gasteiger partial charge in [-0.15, -0.1) is 0 Å². The maximum atomic E-state index is 2.46. The second-order valence-corrected chi connectivity index (χ2v) is 19.4. The van der Waals surface area contributed by atoms with E-state index < -0.39 is 18.4 Å². The van der Waals surface area contributed by atoms with Gasteiger partial charge in [0.2, 0.25) is 0 Å². The van der Waals surface area contributed by atoms with Gasteiger partial charge in [0.05, 0.1) is 0 Å². The molecule has 0 amide bonds. The van der Waals surface area contributed by atoms with Crippen LogP contribution >= 0.6 is 0 Å². The number of hydrogen-bond donors (Lipinski definition) is 0. The van der Waals surface area contributed by atoms with Gasteiger partial charge in [-0.05, 0) is 0 Å². The van der Waals surface area contributed by atoms with Crippen LogP contribution < -0.4 is 3.58 Å². The summed E-state index contributed by atoms with van der Waals surface area (Å²) < 4.78 is 8.80. The molecule has 0 atom stereocenters. The summed E-state index contributed by atoms with van der Waals surface area (Å²) in [5.41, 5.74) is 0. The van der Waals surface area contributed by atoms with Crippen molar-refractivity contribution in [3.63, 3.8) is 0 Å². The third kappa shape index (κ3) is 5.17. The van der Waals surface area contributed by atoms with Gasteiger partial charge in [0, 0.05) is 0 Å². The summed E-state index contributed by atoms with van der Waals surface area (Å²) >= 11 is -2.10. The van der Waals surface area contributed by atoms with E-state index in [1.165, 1.54) is 38.5 Å². The molecule has 1 heterocycles. The Morgan fingerprint density at radius 2 is 1.37 bits per heavy atom. The summed E-state index contributed by atoms with van der Waals surface area (Å²) in [6, 6.07) is 2.46. The number of nitrogens with zero attached hydrogens (tertiary/aromatic N) is 1. The van der Waals surface area contributed by atoms with Crippen LogP contribution in [0.2, 0.25) is 13.3 Å². The van der Waals surface area contributed by atoms with Crippen LogP contribution in [0.4, 0.5) is 0 Å². The number of aryl methyl sites for hydroxylation is 1. The number of rotatable bonds is 10. The van der Waals surface area contributed by atoms with E-state index in [4.69, 9.17) is 0 Å². The Morgan fingerprint density at radius 3 is 1.68 bits per heavy atom. The predicted molar refractivity (Wildman–Crippen MR) is 89.9 cm³/mol. The molecule has 0 unspecified atom stereocenters. The van der Waals surface area contributed by atoms with Gasteiger partial charge in [0.1, 0.15) is 0 Å². The third-order valence-electron chi connectivity index (χ3n) is 4.47. The van der Waals surface area contributed by atoms with E-state index in [9.17, 15) is 0 Å². The molecule has 0 radical (unpaired) electrons. The Balaban J connectivity index is 2.93. The Labute approximate surface area is 124 Å². The molecule has 0 spiro atoms. The molecular weight excluding hydrogens is 337 g/mol. The third-order valence-corrected chi connectivity index (χ3v) is 20.0. The molecule has 0 aliphatic rings. The van der Waals surface area contributed by atoms with Gasteiger partial charge in [0.15, 0.2) is 0 Å². The molecule has 0 bridgehead atoms. The molecule has 1 aromatic rings. The van der Waals surface area contributed by atoms with Gasteiger partial charge >= 0.3 is 125 Å². The zero-order chi connectivity index (χ0) is 14.1. The molecule has 0 saturated carbocycles. The zero-order valence-electron chi connectivity index (χ0n) is 13.5. The molecule has 0 N–H and O–H groups in total. The first kappa shape index (κ1) is 17.1. The van der Waals surface area contributed by atoms with E-state index in [0.29, 0.717) is 0 Å². The topological polar surface area (TPSA) is 4.93 Å². The fraction of sp³-hybridized carbons (Fsp3) is 0.765. The summed E-state index contributed by atoms with van der Waals surface area (Å²) in [4.78, 5) is 0. The fourth-order valence-electron chi connectivity index (χ4n) is 3.17. The molecule has 0 saturated heterocycles. The first-order chi connectivity index (χ1) is 9.18. The number of unbranched alkanes of at least 4 members (excludes halogenated alkanes) is 3. The zero-order valence-corrected chi connectivity index (χ0v) is 16.4. The quantitative estimate of drug-likeness (QED) is 0.506. The van der Waals surface area contributed by atoms with Gasteiger partial charge < -0.3 is 0 Å². The van der Waals surface area contributed by atoms with E-state index in [0.717, 1.165) is 0 Å². The maximum absolute atomic E-state index is 2.46.